The second-order valence-corrected chi connectivity index (χ2v) is 10.8. The maximum Gasteiger partial charge on any atom is 0.238 e. The zero-order chi connectivity index (χ0) is 26.6. The van der Waals surface area contributed by atoms with Gasteiger partial charge in [0.15, 0.2) is 0 Å². The van der Waals surface area contributed by atoms with E-state index in [1.807, 2.05) is 26.0 Å². The van der Waals surface area contributed by atoms with Crippen LogP contribution in [0.1, 0.15) is 25.0 Å². The average Bonchev–Trinajstić information content (AvgIpc) is 2.84. The van der Waals surface area contributed by atoms with Crippen LogP contribution in [0.5, 0.6) is 11.5 Å². The molecule has 192 valence electrons. The van der Waals surface area contributed by atoms with E-state index in [1.165, 1.54) is 12.6 Å². The first-order chi connectivity index (χ1) is 17.0. The van der Waals surface area contributed by atoms with Crippen molar-refractivity contribution in [3.63, 3.8) is 0 Å². The van der Waals surface area contributed by atoms with E-state index in [4.69, 9.17) is 9.47 Å². The molecule has 3 aromatic rings. The molecule has 0 amide bonds. The molecule has 0 atom stereocenters. The van der Waals surface area contributed by atoms with Gasteiger partial charge in [-0.3, -0.25) is 0 Å². The molecule has 0 saturated carbocycles. The Labute approximate surface area is 214 Å². The summed E-state index contributed by atoms with van der Waals surface area (Å²) in [6.07, 6.45) is 6.44. The van der Waals surface area contributed by atoms with Crippen LogP contribution in [0.3, 0.4) is 0 Å². The molecule has 1 N–H and O–H groups in total. The van der Waals surface area contributed by atoms with Crippen LogP contribution in [0.2, 0.25) is 0 Å². The van der Waals surface area contributed by atoms with E-state index >= 15 is 0 Å². The number of nitrogens with zero attached hydrogens (tertiary/aromatic N) is 3. The highest BCUT2D eigenvalue weighted by atomic mass is 32.2. The van der Waals surface area contributed by atoms with E-state index in [0.29, 0.717) is 11.3 Å². The Morgan fingerprint density at radius 2 is 1.44 bits per heavy atom. The van der Waals surface area contributed by atoms with Gasteiger partial charge in [-0.25, -0.2) is 22.7 Å². The van der Waals surface area contributed by atoms with Crippen LogP contribution in [0.15, 0.2) is 48.3 Å². The van der Waals surface area contributed by atoms with E-state index in [-0.39, 0.29) is 5.95 Å². The monoisotopic (exact) mass is 510 g/mol. The molecule has 1 aromatic heterocycles. The normalized spacial score (nSPS) is 11.1. The lowest BCUT2D eigenvalue weighted by Gasteiger charge is -2.23. The molecule has 0 aliphatic rings. The smallest absolute Gasteiger partial charge is 0.238 e. The van der Waals surface area contributed by atoms with Crippen molar-refractivity contribution in [2.45, 2.75) is 27.7 Å². The Morgan fingerprint density at radius 1 is 0.944 bits per heavy atom. The van der Waals surface area contributed by atoms with E-state index in [9.17, 15) is 8.42 Å². The van der Waals surface area contributed by atoms with Gasteiger partial charge in [0.1, 0.15) is 11.5 Å². The maximum atomic E-state index is 11.8. The van der Waals surface area contributed by atoms with Crippen LogP contribution in [0.4, 0.5) is 11.6 Å². The van der Waals surface area contributed by atoms with Crippen LogP contribution in [-0.2, 0) is 10.0 Å². The Bertz CT molecular complexity index is 1360. The summed E-state index contributed by atoms with van der Waals surface area (Å²) in [5.74, 6) is 1.50. The molecule has 0 fully saturated rings. The van der Waals surface area contributed by atoms with Gasteiger partial charge in [-0.15, -0.1) is 0 Å². The molecule has 2 aromatic carbocycles. The van der Waals surface area contributed by atoms with Crippen LogP contribution in [0, 0.1) is 13.8 Å². The summed E-state index contributed by atoms with van der Waals surface area (Å²) in [6.45, 7) is 8.88. The number of benzene rings is 2. The summed E-state index contributed by atoms with van der Waals surface area (Å²) in [7, 11) is 1.23. The minimum absolute atomic E-state index is 0.0939. The van der Waals surface area contributed by atoms with Gasteiger partial charge in [0, 0.05) is 59.5 Å². The topological polar surface area (TPSA) is 93.7 Å². The number of sulfonamides is 1. The average molecular weight is 511 g/mol. The number of ether oxygens (including phenoxy) is 2. The third-order valence-corrected chi connectivity index (χ3v) is 7.15. The Morgan fingerprint density at radius 3 is 1.89 bits per heavy atom. The lowest BCUT2D eigenvalue weighted by Crippen LogP contribution is -2.26. The van der Waals surface area contributed by atoms with E-state index in [2.05, 4.69) is 47.3 Å². The molecule has 0 unspecified atom stereocenters. The van der Waals surface area contributed by atoms with Crippen molar-refractivity contribution >= 4 is 21.7 Å². The summed E-state index contributed by atoms with van der Waals surface area (Å²) in [6, 6.07) is 8.22. The van der Waals surface area contributed by atoms with E-state index < -0.39 is 10.0 Å². The van der Waals surface area contributed by atoms with E-state index in [1.54, 1.807) is 26.6 Å². The fraction of sp³-hybridized carbons (Fsp3) is 0.333. The molecule has 0 aliphatic carbocycles. The molecular formula is C27H34N4O4S. The quantitative estimate of drug-likeness (QED) is 0.395. The van der Waals surface area contributed by atoms with Gasteiger partial charge in [-0.05, 0) is 45.4 Å². The van der Waals surface area contributed by atoms with Crippen molar-refractivity contribution in [2.24, 2.45) is 0 Å². The number of allylic oxidation sites excluding steroid dienone is 1. The predicted molar refractivity (Wildman–Crippen MR) is 147 cm³/mol. The number of methoxy groups -OCH3 is 2. The van der Waals surface area contributed by atoms with Crippen molar-refractivity contribution in [3.05, 3.63) is 59.4 Å². The number of hydrogen-bond donors (Lipinski definition) is 1. The number of hydrogen-bond acceptors (Lipinski definition) is 7. The Kier molecular flexibility index (Phi) is 8.24. The molecule has 0 saturated heterocycles. The third kappa shape index (κ3) is 5.62. The molecule has 3 rings (SSSR count). The van der Waals surface area contributed by atoms with Gasteiger partial charge in [0.2, 0.25) is 16.0 Å². The van der Waals surface area contributed by atoms with Crippen molar-refractivity contribution in [3.8, 4) is 33.8 Å². The molecule has 8 nitrogen and oxygen atoms in total. The molecule has 0 spiro atoms. The van der Waals surface area contributed by atoms with E-state index in [0.717, 1.165) is 56.4 Å². The summed E-state index contributed by atoms with van der Waals surface area (Å²) < 4.78 is 36.5. The van der Waals surface area contributed by atoms with Crippen LogP contribution >= 0.6 is 0 Å². The van der Waals surface area contributed by atoms with Gasteiger partial charge < -0.3 is 14.8 Å². The summed E-state index contributed by atoms with van der Waals surface area (Å²) in [5.41, 5.74) is 7.53. The number of rotatable bonds is 9. The molecule has 0 radical (unpaired) electrons. The first-order valence-corrected chi connectivity index (χ1v) is 13.3. The minimum atomic E-state index is -3.46. The lowest BCUT2D eigenvalue weighted by molar-refractivity contribution is 0.401. The summed E-state index contributed by atoms with van der Waals surface area (Å²) >= 11 is 0. The van der Waals surface area contributed by atoms with Gasteiger partial charge in [0.25, 0.3) is 0 Å². The first-order valence-electron chi connectivity index (χ1n) is 11.5. The Balaban J connectivity index is 2.08. The fourth-order valence-electron chi connectivity index (χ4n) is 4.04. The van der Waals surface area contributed by atoms with Gasteiger partial charge in [-0.2, -0.15) is 0 Å². The second-order valence-electron chi connectivity index (χ2n) is 8.81. The SMILES string of the molecule is COc1c(C)c(-c2cnc(N(C)S(C)(=O)=O)nc2)c(OC)c(C)c1-c1ccc(NCC=C(C)C)cc1. The largest absolute Gasteiger partial charge is 0.496 e. The molecule has 36 heavy (non-hydrogen) atoms. The van der Waals surface area contributed by atoms with Crippen molar-refractivity contribution in [1.82, 2.24) is 9.97 Å². The van der Waals surface area contributed by atoms with Gasteiger partial charge in [0.05, 0.1) is 20.5 Å². The van der Waals surface area contributed by atoms with Crippen LogP contribution < -0.4 is 19.1 Å². The molecular weight excluding hydrogens is 476 g/mol. The summed E-state index contributed by atoms with van der Waals surface area (Å²) in [5, 5.41) is 3.40. The highest BCUT2D eigenvalue weighted by molar-refractivity contribution is 7.92. The molecule has 0 bridgehead atoms. The molecule has 0 aliphatic heterocycles. The van der Waals surface area contributed by atoms with Crippen LogP contribution in [0.25, 0.3) is 22.3 Å². The number of aromatic nitrogens is 2. The first kappa shape index (κ1) is 27.0. The lowest BCUT2D eigenvalue weighted by atomic mass is 9.90. The molecule has 1 heterocycles. The number of nitrogens with one attached hydrogen (secondary N) is 1. The second kappa shape index (κ2) is 11.0. The zero-order valence-electron chi connectivity index (χ0n) is 22.1. The third-order valence-electron chi connectivity index (χ3n) is 5.99. The highest BCUT2D eigenvalue weighted by Gasteiger charge is 2.24. The maximum absolute atomic E-state index is 11.8. The standard InChI is InChI=1S/C27H34N4O4S/c1-17(2)13-14-28-22-11-9-20(10-12-22)23-18(3)26(35-7)24(19(4)25(23)34-6)21-15-29-27(30-16-21)31(5)36(8,32)33/h9-13,15-16,28H,14H2,1-8H3. The fourth-order valence-corrected chi connectivity index (χ4v) is 4.43. The summed E-state index contributed by atoms with van der Waals surface area (Å²) in [4.78, 5) is 8.55. The molecule has 9 heteroatoms. The highest BCUT2D eigenvalue weighted by Crippen LogP contribution is 2.47. The minimum Gasteiger partial charge on any atom is -0.496 e. The van der Waals surface area contributed by atoms with Crippen molar-refractivity contribution < 1.29 is 17.9 Å². The van der Waals surface area contributed by atoms with Crippen molar-refractivity contribution in [2.75, 3.05) is 43.7 Å². The van der Waals surface area contributed by atoms with Gasteiger partial charge in [-0.1, -0.05) is 23.8 Å². The number of anilines is 2. The van der Waals surface area contributed by atoms with Gasteiger partial charge >= 0.3 is 0 Å². The van der Waals surface area contributed by atoms with Crippen LogP contribution in [-0.4, -0.2) is 52.5 Å². The van der Waals surface area contributed by atoms with Crippen molar-refractivity contribution in [1.29, 1.82) is 0 Å². The Hall–Kier alpha value is -3.59. The predicted octanol–water partition coefficient (Wildman–Crippen LogP) is 5.22. The zero-order valence-corrected chi connectivity index (χ0v) is 22.9.